The average Bonchev–Trinajstić information content (AvgIpc) is 2.69. The minimum Gasteiger partial charge on any atom is -0.336 e. The Morgan fingerprint density at radius 2 is 1.70 bits per heavy atom. The van der Waals surface area contributed by atoms with Gasteiger partial charge in [-0.25, -0.2) is 8.42 Å². The summed E-state index contributed by atoms with van der Waals surface area (Å²) in [5.41, 5.74) is 1.27. The molecule has 0 atom stereocenters. The lowest BCUT2D eigenvalue weighted by Gasteiger charge is -2.34. The average molecular weight is 388 g/mol. The van der Waals surface area contributed by atoms with Gasteiger partial charge in [0.15, 0.2) is 9.84 Å². The fourth-order valence-electron chi connectivity index (χ4n) is 3.15. The Kier molecular flexibility index (Phi) is 5.92. The third kappa shape index (κ3) is 4.36. The molecule has 2 aromatic rings. The predicted octanol–water partition coefficient (Wildman–Crippen LogP) is 2.22. The second-order valence-corrected chi connectivity index (χ2v) is 9.45. The normalized spacial score (nSPS) is 15.9. The van der Waals surface area contributed by atoms with Crippen LogP contribution in [0.3, 0.4) is 0 Å². The largest absolute Gasteiger partial charge is 0.336 e. The van der Waals surface area contributed by atoms with Crippen LogP contribution in [0.4, 0.5) is 0 Å². The molecule has 1 saturated heterocycles. The Hall–Kier alpha value is -2.25. The van der Waals surface area contributed by atoms with Gasteiger partial charge in [0.1, 0.15) is 0 Å². The first-order chi connectivity index (χ1) is 12.9. The van der Waals surface area contributed by atoms with E-state index >= 15 is 0 Å². The number of piperazine rings is 1. The van der Waals surface area contributed by atoms with Gasteiger partial charge >= 0.3 is 0 Å². The van der Waals surface area contributed by atoms with E-state index < -0.39 is 15.1 Å². The van der Waals surface area contributed by atoms with Crippen molar-refractivity contribution in [3.05, 3.63) is 59.9 Å². The van der Waals surface area contributed by atoms with Crippen LogP contribution in [0.15, 0.2) is 53.6 Å². The molecule has 1 aliphatic rings. The van der Waals surface area contributed by atoms with Crippen LogP contribution in [0.1, 0.15) is 29.9 Å². The molecule has 3 rings (SSSR count). The number of aromatic nitrogens is 1. The van der Waals surface area contributed by atoms with Crippen LogP contribution in [-0.2, 0) is 16.4 Å². The molecule has 0 saturated carbocycles. The van der Waals surface area contributed by atoms with Crippen molar-refractivity contribution >= 4 is 15.7 Å². The van der Waals surface area contributed by atoms with Crippen LogP contribution in [-0.4, -0.2) is 60.5 Å². The number of carbonyl (C=O) groups excluding carboxylic acids is 1. The summed E-state index contributed by atoms with van der Waals surface area (Å²) in [6.45, 7) is 6.63. The zero-order valence-corrected chi connectivity index (χ0v) is 16.5. The number of amides is 1. The van der Waals surface area contributed by atoms with E-state index in [2.05, 4.69) is 9.88 Å². The number of benzene rings is 1. The fraction of sp³-hybridized carbons (Fsp3) is 0.400. The number of carbonyl (C=O) groups is 1. The van der Waals surface area contributed by atoms with Gasteiger partial charge in [-0.2, -0.15) is 0 Å². The lowest BCUT2D eigenvalue weighted by atomic mass is 10.1. The lowest BCUT2D eigenvalue weighted by molar-refractivity contribution is 0.0623. The van der Waals surface area contributed by atoms with Crippen molar-refractivity contribution in [1.29, 1.82) is 0 Å². The molecule has 1 aromatic heterocycles. The van der Waals surface area contributed by atoms with Crippen LogP contribution in [0.25, 0.3) is 0 Å². The molecule has 7 heteroatoms. The maximum atomic E-state index is 13.0. The summed E-state index contributed by atoms with van der Waals surface area (Å²) < 4.78 is 25.2. The molecule has 1 aliphatic heterocycles. The highest BCUT2D eigenvalue weighted by Gasteiger charge is 2.29. The number of pyridine rings is 1. The summed E-state index contributed by atoms with van der Waals surface area (Å²) in [4.78, 5) is 21.4. The van der Waals surface area contributed by atoms with Gasteiger partial charge in [0.05, 0.1) is 21.4 Å². The van der Waals surface area contributed by atoms with Crippen molar-refractivity contribution in [3.8, 4) is 0 Å². The second-order valence-electron chi connectivity index (χ2n) is 6.98. The van der Waals surface area contributed by atoms with Crippen molar-refractivity contribution in [2.24, 2.45) is 0 Å². The molecule has 0 bridgehead atoms. The Bertz CT molecular complexity index is 890. The first-order valence-corrected chi connectivity index (χ1v) is 10.7. The first kappa shape index (κ1) is 19.5. The molecule has 1 aromatic carbocycles. The van der Waals surface area contributed by atoms with Crippen molar-refractivity contribution in [2.45, 2.75) is 30.5 Å². The molecule has 144 valence electrons. The summed E-state index contributed by atoms with van der Waals surface area (Å²) in [5, 5.41) is -0.568. The number of hydrogen-bond acceptors (Lipinski definition) is 5. The van der Waals surface area contributed by atoms with Crippen LogP contribution in [0, 0.1) is 0 Å². The number of rotatable bonds is 5. The zero-order chi connectivity index (χ0) is 19.4. The quantitative estimate of drug-likeness (QED) is 0.787. The molecule has 6 nitrogen and oxygen atoms in total. The van der Waals surface area contributed by atoms with Gasteiger partial charge < -0.3 is 4.90 Å². The lowest BCUT2D eigenvalue weighted by Crippen LogP contribution is -2.48. The van der Waals surface area contributed by atoms with Gasteiger partial charge in [-0.05, 0) is 38.1 Å². The van der Waals surface area contributed by atoms with Gasteiger partial charge in [-0.15, -0.1) is 0 Å². The highest BCUT2D eigenvalue weighted by atomic mass is 32.2. The molecule has 0 spiro atoms. The standard InChI is InChI=1S/C20H25N3O3S/c1-16(2)27(25,26)19-9-4-3-8-18(19)20(24)23-13-11-22(12-14-23)15-17-7-5-6-10-21-17/h3-10,16H,11-15H2,1-2H3. The molecule has 27 heavy (non-hydrogen) atoms. The van der Waals surface area contributed by atoms with E-state index in [0.717, 1.165) is 25.3 Å². The Labute approximate surface area is 160 Å². The zero-order valence-electron chi connectivity index (χ0n) is 15.7. The summed E-state index contributed by atoms with van der Waals surface area (Å²) in [6.07, 6.45) is 1.78. The van der Waals surface area contributed by atoms with Crippen LogP contribution < -0.4 is 0 Å². The van der Waals surface area contributed by atoms with E-state index in [-0.39, 0.29) is 16.4 Å². The molecule has 0 radical (unpaired) electrons. The van der Waals surface area contributed by atoms with Gasteiger partial charge in [-0.3, -0.25) is 14.7 Å². The molecule has 1 amide bonds. The van der Waals surface area contributed by atoms with Gasteiger partial charge in [-0.1, -0.05) is 18.2 Å². The number of nitrogens with zero attached hydrogens (tertiary/aromatic N) is 3. The molecule has 0 aliphatic carbocycles. The highest BCUT2D eigenvalue weighted by Crippen LogP contribution is 2.22. The van der Waals surface area contributed by atoms with Crippen LogP contribution in [0.5, 0.6) is 0 Å². The topological polar surface area (TPSA) is 70.6 Å². The van der Waals surface area contributed by atoms with E-state index in [1.807, 2.05) is 18.2 Å². The van der Waals surface area contributed by atoms with Crippen molar-refractivity contribution < 1.29 is 13.2 Å². The maximum Gasteiger partial charge on any atom is 0.255 e. The smallest absolute Gasteiger partial charge is 0.255 e. The molecule has 0 N–H and O–H groups in total. The number of sulfone groups is 1. The molecular formula is C20H25N3O3S. The monoisotopic (exact) mass is 387 g/mol. The van der Waals surface area contributed by atoms with E-state index in [4.69, 9.17) is 0 Å². The fourth-order valence-corrected chi connectivity index (χ4v) is 4.38. The van der Waals surface area contributed by atoms with E-state index in [1.165, 1.54) is 6.07 Å². The Morgan fingerprint density at radius 3 is 2.33 bits per heavy atom. The SMILES string of the molecule is CC(C)S(=O)(=O)c1ccccc1C(=O)N1CCN(Cc2ccccn2)CC1. The summed E-state index contributed by atoms with van der Waals surface area (Å²) in [7, 11) is -3.51. The Morgan fingerprint density at radius 1 is 1.04 bits per heavy atom. The van der Waals surface area contributed by atoms with Crippen LogP contribution in [0.2, 0.25) is 0 Å². The summed E-state index contributed by atoms with van der Waals surface area (Å²) in [6, 6.07) is 12.4. The van der Waals surface area contributed by atoms with E-state index in [9.17, 15) is 13.2 Å². The minimum absolute atomic E-state index is 0.126. The van der Waals surface area contributed by atoms with Gasteiger partial charge in [0.2, 0.25) is 0 Å². The molecule has 2 heterocycles. The Balaban J connectivity index is 1.70. The highest BCUT2D eigenvalue weighted by molar-refractivity contribution is 7.92. The first-order valence-electron chi connectivity index (χ1n) is 9.14. The van der Waals surface area contributed by atoms with Crippen molar-refractivity contribution in [3.63, 3.8) is 0 Å². The second kappa shape index (κ2) is 8.19. The van der Waals surface area contributed by atoms with Gasteiger partial charge in [0.25, 0.3) is 5.91 Å². The third-order valence-electron chi connectivity index (χ3n) is 4.82. The van der Waals surface area contributed by atoms with Crippen molar-refractivity contribution in [2.75, 3.05) is 26.2 Å². The summed E-state index contributed by atoms with van der Waals surface area (Å²) in [5.74, 6) is -0.215. The minimum atomic E-state index is -3.51. The molecule has 1 fully saturated rings. The van der Waals surface area contributed by atoms with Gasteiger partial charge in [0, 0.05) is 38.9 Å². The predicted molar refractivity (Wildman–Crippen MR) is 104 cm³/mol. The van der Waals surface area contributed by atoms with Crippen LogP contribution >= 0.6 is 0 Å². The third-order valence-corrected chi connectivity index (χ3v) is 7.03. The molecular weight excluding hydrogens is 362 g/mol. The van der Waals surface area contributed by atoms with E-state index in [1.54, 1.807) is 43.1 Å². The summed E-state index contributed by atoms with van der Waals surface area (Å²) >= 11 is 0. The molecule has 0 unspecified atom stereocenters. The maximum absolute atomic E-state index is 13.0. The number of hydrogen-bond donors (Lipinski definition) is 0. The van der Waals surface area contributed by atoms with E-state index in [0.29, 0.717) is 13.1 Å². The van der Waals surface area contributed by atoms with Crippen molar-refractivity contribution in [1.82, 2.24) is 14.8 Å².